The number of anilines is 1. The molecule has 8 heteroatoms. The van der Waals surface area contributed by atoms with Crippen molar-refractivity contribution in [2.75, 3.05) is 31.2 Å². The number of hydrogen-bond acceptors (Lipinski definition) is 6. The van der Waals surface area contributed by atoms with Gasteiger partial charge < -0.3 is 9.64 Å². The molecule has 0 spiro atoms. The predicted octanol–water partition coefficient (Wildman–Crippen LogP) is 1.78. The van der Waals surface area contributed by atoms with E-state index >= 15 is 0 Å². The molecule has 1 aromatic heterocycles. The van der Waals surface area contributed by atoms with E-state index < -0.39 is 10.0 Å². The number of morpholine rings is 1. The topological polar surface area (TPSA) is 98.4 Å². The number of primary sulfonamides is 1. The molecule has 1 saturated heterocycles. The molecule has 0 aliphatic carbocycles. The van der Waals surface area contributed by atoms with Crippen LogP contribution in [-0.4, -0.2) is 44.7 Å². The molecule has 7 nitrogen and oxygen atoms in total. The maximum absolute atomic E-state index is 11.6. The largest absolute Gasteiger partial charge is 0.378 e. The van der Waals surface area contributed by atoms with E-state index in [0.29, 0.717) is 13.2 Å². The Labute approximate surface area is 151 Å². The highest BCUT2D eigenvalue weighted by Crippen LogP contribution is 2.29. The molecule has 3 aromatic rings. The Bertz CT molecular complexity index is 1060. The SMILES string of the molecule is NS(=O)(=O)c1cccc(-c2ccc3ncnc(N4CCOCC4)c3c2)c1. The maximum Gasteiger partial charge on any atom is 0.238 e. The zero-order valence-corrected chi connectivity index (χ0v) is 14.8. The van der Waals surface area contributed by atoms with Crippen LogP contribution in [-0.2, 0) is 14.8 Å². The number of fused-ring (bicyclic) bond motifs is 1. The highest BCUT2D eigenvalue weighted by Gasteiger charge is 2.16. The van der Waals surface area contributed by atoms with Gasteiger partial charge in [0.25, 0.3) is 0 Å². The van der Waals surface area contributed by atoms with Crippen molar-refractivity contribution in [1.29, 1.82) is 0 Å². The molecule has 1 aliphatic rings. The minimum atomic E-state index is -3.75. The van der Waals surface area contributed by atoms with E-state index in [0.717, 1.165) is 40.9 Å². The molecule has 0 unspecified atom stereocenters. The summed E-state index contributed by atoms with van der Waals surface area (Å²) in [5, 5.41) is 6.17. The quantitative estimate of drug-likeness (QED) is 0.755. The number of rotatable bonds is 3. The first kappa shape index (κ1) is 16.9. The maximum atomic E-state index is 11.6. The Hall–Kier alpha value is -2.55. The molecule has 2 N–H and O–H groups in total. The summed E-state index contributed by atoms with van der Waals surface area (Å²) >= 11 is 0. The molecular weight excluding hydrogens is 352 g/mol. The van der Waals surface area contributed by atoms with Crippen LogP contribution in [0.3, 0.4) is 0 Å². The van der Waals surface area contributed by atoms with Gasteiger partial charge in [-0.25, -0.2) is 23.5 Å². The predicted molar refractivity (Wildman–Crippen MR) is 99.4 cm³/mol. The molecule has 0 saturated carbocycles. The van der Waals surface area contributed by atoms with Crippen molar-refractivity contribution < 1.29 is 13.2 Å². The lowest BCUT2D eigenvalue weighted by Crippen LogP contribution is -2.36. The number of nitrogens with two attached hydrogens (primary N) is 1. The van der Waals surface area contributed by atoms with E-state index in [2.05, 4.69) is 14.9 Å². The zero-order chi connectivity index (χ0) is 18.1. The van der Waals surface area contributed by atoms with Gasteiger partial charge in [-0.2, -0.15) is 0 Å². The molecule has 134 valence electrons. The van der Waals surface area contributed by atoms with E-state index in [1.54, 1.807) is 18.5 Å². The van der Waals surface area contributed by atoms with Crippen molar-refractivity contribution in [2.45, 2.75) is 4.90 Å². The lowest BCUT2D eigenvalue weighted by molar-refractivity contribution is 0.122. The summed E-state index contributed by atoms with van der Waals surface area (Å²) < 4.78 is 28.7. The third-order valence-corrected chi connectivity index (χ3v) is 5.33. The first-order valence-corrected chi connectivity index (χ1v) is 9.78. The first-order valence-electron chi connectivity index (χ1n) is 8.23. The Balaban J connectivity index is 1.82. The summed E-state index contributed by atoms with van der Waals surface area (Å²) in [6.45, 7) is 2.89. The summed E-state index contributed by atoms with van der Waals surface area (Å²) in [5.41, 5.74) is 2.50. The van der Waals surface area contributed by atoms with Gasteiger partial charge in [-0.05, 0) is 35.4 Å². The summed E-state index contributed by atoms with van der Waals surface area (Å²) in [5.74, 6) is 0.864. The average molecular weight is 370 g/mol. The smallest absolute Gasteiger partial charge is 0.238 e. The minimum Gasteiger partial charge on any atom is -0.378 e. The van der Waals surface area contributed by atoms with Crippen molar-refractivity contribution in [3.05, 3.63) is 48.8 Å². The van der Waals surface area contributed by atoms with Crippen LogP contribution in [0, 0.1) is 0 Å². The molecule has 26 heavy (non-hydrogen) atoms. The fourth-order valence-electron chi connectivity index (χ4n) is 3.10. The number of hydrogen-bond donors (Lipinski definition) is 1. The summed E-state index contributed by atoms with van der Waals surface area (Å²) in [6.07, 6.45) is 1.56. The first-order chi connectivity index (χ1) is 12.5. The van der Waals surface area contributed by atoms with Gasteiger partial charge in [0.15, 0.2) is 0 Å². The van der Waals surface area contributed by atoms with Gasteiger partial charge in [-0.3, -0.25) is 0 Å². The highest BCUT2D eigenvalue weighted by atomic mass is 32.2. The second-order valence-corrected chi connectivity index (χ2v) is 7.66. The van der Waals surface area contributed by atoms with Crippen molar-refractivity contribution >= 4 is 26.7 Å². The number of nitrogens with zero attached hydrogens (tertiary/aromatic N) is 3. The molecule has 4 rings (SSSR count). The van der Waals surface area contributed by atoms with Gasteiger partial charge in [0.2, 0.25) is 10.0 Å². The monoisotopic (exact) mass is 370 g/mol. The second kappa shape index (κ2) is 6.64. The lowest BCUT2D eigenvalue weighted by atomic mass is 10.0. The van der Waals surface area contributed by atoms with Gasteiger partial charge in [-0.15, -0.1) is 0 Å². The molecule has 2 heterocycles. The van der Waals surface area contributed by atoms with Crippen molar-refractivity contribution in [3.63, 3.8) is 0 Å². The third kappa shape index (κ3) is 3.26. The lowest BCUT2D eigenvalue weighted by Gasteiger charge is -2.28. The standard InChI is InChI=1S/C18H18N4O3S/c19-26(23,24)15-3-1-2-13(10-15)14-4-5-17-16(11-14)18(21-12-20-17)22-6-8-25-9-7-22/h1-5,10-12H,6-9H2,(H2,19,23,24). The third-order valence-electron chi connectivity index (χ3n) is 4.42. The molecule has 0 bridgehead atoms. The van der Waals surface area contributed by atoms with E-state index in [1.165, 1.54) is 6.07 Å². The molecule has 0 radical (unpaired) electrons. The van der Waals surface area contributed by atoms with Crippen LogP contribution in [0.1, 0.15) is 0 Å². The van der Waals surface area contributed by atoms with Gasteiger partial charge in [0, 0.05) is 18.5 Å². The Morgan fingerprint density at radius 1 is 1.00 bits per heavy atom. The molecule has 0 atom stereocenters. The number of benzene rings is 2. The molecule has 0 amide bonds. The number of aromatic nitrogens is 2. The minimum absolute atomic E-state index is 0.0906. The van der Waals surface area contributed by atoms with Crippen molar-refractivity contribution in [3.8, 4) is 11.1 Å². The molecule has 2 aromatic carbocycles. The van der Waals surface area contributed by atoms with Crippen LogP contribution in [0.2, 0.25) is 0 Å². The summed E-state index contributed by atoms with van der Waals surface area (Å²) in [7, 11) is -3.75. The summed E-state index contributed by atoms with van der Waals surface area (Å²) in [6, 6.07) is 12.4. The molecule has 1 fully saturated rings. The Kier molecular flexibility index (Phi) is 4.31. The van der Waals surface area contributed by atoms with Crippen LogP contribution >= 0.6 is 0 Å². The van der Waals surface area contributed by atoms with Gasteiger partial charge in [-0.1, -0.05) is 18.2 Å². The van der Waals surface area contributed by atoms with Crippen LogP contribution in [0.25, 0.3) is 22.0 Å². The van der Waals surface area contributed by atoms with Crippen molar-refractivity contribution in [2.24, 2.45) is 5.14 Å². The van der Waals surface area contributed by atoms with Crippen LogP contribution in [0.4, 0.5) is 5.82 Å². The summed E-state index contributed by atoms with van der Waals surface area (Å²) in [4.78, 5) is 11.1. The van der Waals surface area contributed by atoms with Crippen LogP contribution in [0.15, 0.2) is 53.7 Å². The second-order valence-electron chi connectivity index (χ2n) is 6.10. The van der Waals surface area contributed by atoms with E-state index in [1.807, 2.05) is 24.3 Å². The zero-order valence-electron chi connectivity index (χ0n) is 14.0. The van der Waals surface area contributed by atoms with Crippen LogP contribution in [0.5, 0.6) is 0 Å². The normalized spacial score (nSPS) is 15.3. The fraction of sp³-hybridized carbons (Fsp3) is 0.222. The molecule has 1 aliphatic heterocycles. The molecular formula is C18H18N4O3S. The van der Waals surface area contributed by atoms with Crippen LogP contribution < -0.4 is 10.0 Å². The van der Waals surface area contributed by atoms with E-state index in [-0.39, 0.29) is 4.90 Å². The van der Waals surface area contributed by atoms with Gasteiger partial charge in [0.05, 0.1) is 23.6 Å². The van der Waals surface area contributed by atoms with Gasteiger partial charge >= 0.3 is 0 Å². The van der Waals surface area contributed by atoms with E-state index in [9.17, 15) is 8.42 Å². The number of sulfonamides is 1. The van der Waals surface area contributed by atoms with E-state index in [4.69, 9.17) is 9.88 Å². The van der Waals surface area contributed by atoms with Crippen molar-refractivity contribution in [1.82, 2.24) is 9.97 Å². The van der Waals surface area contributed by atoms with Gasteiger partial charge in [0.1, 0.15) is 12.1 Å². The Morgan fingerprint density at radius 3 is 2.54 bits per heavy atom. The number of ether oxygens (including phenoxy) is 1. The average Bonchev–Trinajstić information content (AvgIpc) is 2.67. The Morgan fingerprint density at radius 2 is 1.77 bits per heavy atom. The fourth-order valence-corrected chi connectivity index (χ4v) is 3.66. The highest BCUT2D eigenvalue weighted by molar-refractivity contribution is 7.89.